The van der Waals surface area contributed by atoms with Gasteiger partial charge in [0.2, 0.25) is 0 Å². The minimum absolute atomic E-state index is 0.140. The molecule has 0 aromatic carbocycles. The Bertz CT molecular complexity index is 1780. The van der Waals surface area contributed by atoms with Crippen molar-refractivity contribution in [2.45, 2.75) is 283 Å². The van der Waals surface area contributed by atoms with Crippen molar-refractivity contribution in [3.8, 4) is 0 Å². The number of carboxylic acid groups (broad SMARTS) is 1. The number of allylic oxidation sites excluding steroid dienone is 20. The fraction of sp³-hybridized carbons (Fsp3) is 0.689. The van der Waals surface area contributed by atoms with E-state index in [-0.39, 0.29) is 38.6 Å². The number of carboxylic acids is 1. The smallest absolute Gasteiger partial charge is 0.306 e. The van der Waals surface area contributed by atoms with Crippen LogP contribution in [-0.2, 0) is 33.3 Å². The highest BCUT2D eigenvalue weighted by Crippen LogP contribution is 2.17. The maximum atomic E-state index is 12.9. The van der Waals surface area contributed by atoms with E-state index in [2.05, 4.69) is 135 Å². The standard InChI is InChI=1S/C74H125NO8/c1-6-8-10-12-14-16-18-20-22-24-25-26-27-28-29-30-31-32-33-34-35-36-37-38-39-40-41-42-43-44-45-46-47-49-51-53-55-57-59-61-63-65-72(77)83-70(69-82-74(73(78)79)80-67-66-75(3,4)5)68-81-71(76)64-62-60-58-56-54-52-50-48-23-21-19-17-15-13-11-9-7-2/h8-11,14-17,20-23,25-26,28-29,31-32,50,52,70,74H,6-7,12-13,18-19,24,27,30,33-49,51,53-69H2,1-5H3/b10-8-,11-9-,16-14-,17-15-,22-20-,23-21-,26-25-,29-28-,32-31-,52-50-. The van der Waals surface area contributed by atoms with Crippen LogP contribution in [0.2, 0.25) is 0 Å². The van der Waals surface area contributed by atoms with E-state index in [9.17, 15) is 19.5 Å². The largest absolute Gasteiger partial charge is 0.545 e. The molecule has 9 nitrogen and oxygen atoms in total. The summed E-state index contributed by atoms with van der Waals surface area (Å²) in [7, 11) is 5.92. The number of rotatable bonds is 61. The molecule has 9 heteroatoms. The molecule has 0 radical (unpaired) electrons. The Morgan fingerprint density at radius 3 is 0.964 bits per heavy atom. The number of quaternary nitrogens is 1. The Labute approximate surface area is 510 Å². The molecule has 83 heavy (non-hydrogen) atoms. The van der Waals surface area contributed by atoms with Gasteiger partial charge in [-0.3, -0.25) is 9.59 Å². The molecule has 0 heterocycles. The minimum Gasteiger partial charge on any atom is -0.545 e. The summed E-state index contributed by atoms with van der Waals surface area (Å²) in [6.45, 7) is 4.50. The number of hydrogen-bond donors (Lipinski definition) is 0. The van der Waals surface area contributed by atoms with Crippen molar-refractivity contribution >= 4 is 17.9 Å². The maximum Gasteiger partial charge on any atom is 0.306 e. The van der Waals surface area contributed by atoms with Crippen LogP contribution < -0.4 is 5.11 Å². The zero-order valence-corrected chi connectivity index (χ0v) is 54.0. The van der Waals surface area contributed by atoms with Gasteiger partial charge in [-0.05, 0) is 103 Å². The molecular formula is C74H125NO8. The number of unbranched alkanes of at least 4 members (excludes halogenated alkanes) is 26. The van der Waals surface area contributed by atoms with Crippen LogP contribution in [0.1, 0.15) is 271 Å². The molecule has 0 fully saturated rings. The van der Waals surface area contributed by atoms with Crippen molar-refractivity contribution in [3.05, 3.63) is 122 Å². The van der Waals surface area contributed by atoms with Crippen LogP contribution in [0.3, 0.4) is 0 Å². The second kappa shape index (κ2) is 63.7. The second-order valence-electron chi connectivity index (χ2n) is 23.3. The van der Waals surface area contributed by atoms with E-state index in [0.29, 0.717) is 23.9 Å². The maximum absolute atomic E-state index is 12.9. The van der Waals surface area contributed by atoms with Gasteiger partial charge in [0, 0.05) is 12.8 Å². The molecule has 0 spiro atoms. The predicted octanol–water partition coefficient (Wildman–Crippen LogP) is 19.5. The van der Waals surface area contributed by atoms with Crippen molar-refractivity contribution in [3.63, 3.8) is 0 Å². The Balaban J connectivity index is 4.02. The third kappa shape index (κ3) is 65.1. The lowest BCUT2D eigenvalue weighted by Gasteiger charge is -2.26. The van der Waals surface area contributed by atoms with Crippen LogP contribution in [0.25, 0.3) is 0 Å². The van der Waals surface area contributed by atoms with E-state index in [1.54, 1.807) is 0 Å². The summed E-state index contributed by atoms with van der Waals surface area (Å²) in [5.74, 6) is -2.31. The minimum atomic E-state index is -1.63. The molecule has 0 aliphatic carbocycles. The molecule has 0 aromatic heterocycles. The molecule has 474 valence electrons. The molecule has 0 saturated carbocycles. The third-order valence-electron chi connectivity index (χ3n) is 14.2. The van der Waals surface area contributed by atoms with Gasteiger partial charge in [-0.15, -0.1) is 0 Å². The molecule has 0 aromatic rings. The lowest BCUT2D eigenvalue weighted by atomic mass is 10.0. The lowest BCUT2D eigenvalue weighted by Crippen LogP contribution is -2.44. The third-order valence-corrected chi connectivity index (χ3v) is 14.2. The van der Waals surface area contributed by atoms with Crippen molar-refractivity contribution < 1.29 is 42.9 Å². The van der Waals surface area contributed by atoms with Gasteiger partial charge in [-0.25, -0.2) is 0 Å². The number of esters is 2. The fourth-order valence-corrected chi connectivity index (χ4v) is 9.12. The first-order chi connectivity index (χ1) is 40.6. The molecular weight excluding hydrogens is 1030 g/mol. The summed E-state index contributed by atoms with van der Waals surface area (Å²) < 4.78 is 22.7. The van der Waals surface area contributed by atoms with Crippen LogP contribution in [0.5, 0.6) is 0 Å². The number of ether oxygens (including phenoxy) is 4. The van der Waals surface area contributed by atoms with Gasteiger partial charge in [-0.2, -0.15) is 0 Å². The average Bonchev–Trinajstić information content (AvgIpc) is 3.46. The van der Waals surface area contributed by atoms with Gasteiger partial charge in [0.1, 0.15) is 13.2 Å². The van der Waals surface area contributed by atoms with E-state index < -0.39 is 24.3 Å². The van der Waals surface area contributed by atoms with Gasteiger partial charge < -0.3 is 33.3 Å². The lowest BCUT2D eigenvalue weighted by molar-refractivity contribution is -0.870. The number of carbonyl (C=O) groups is 3. The average molecular weight is 1160 g/mol. The van der Waals surface area contributed by atoms with E-state index in [1.807, 2.05) is 21.1 Å². The topological polar surface area (TPSA) is 111 Å². The molecule has 0 bridgehead atoms. The van der Waals surface area contributed by atoms with E-state index in [1.165, 1.54) is 122 Å². The highest BCUT2D eigenvalue weighted by molar-refractivity contribution is 5.70. The zero-order chi connectivity index (χ0) is 60.5. The predicted molar refractivity (Wildman–Crippen MR) is 352 cm³/mol. The van der Waals surface area contributed by atoms with Crippen LogP contribution in [0.4, 0.5) is 0 Å². The van der Waals surface area contributed by atoms with Gasteiger partial charge in [-0.1, -0.05) is 277 Å². The normalized spacial score (nSPS) is 13.5. The van der Waals surface area contributed by atoms with E-state index in [0.717, 1.165) is 109 Å². The first-order valence-corrected chi connectivity index (χ1v) is 33.7. The molecule has 2 atom stereocenters. The molecule has 0 N–H and O–H groups in total. The van der Waals surface area contributed by atoms with Gasteiger partial charge in [0.05, 0.1) is 40.3 Å². The molecule has 0 saturated heterocycles. The summed E-state index contributed by atoms with van der Waals surface area (Å²) >= 11 is 0. The highest BCUT2D eigenvalue weighted by Gasteiger charge is 2.22. The number of aliphatic carboxylic acids is 1. The summed E-state index contributed by atoms with van der Waals surface area (Å²) in [6, 6.07) is 0. The van der Waals surface area contributed by atoms with Gasteiger partial charge >= 0.3 is 11.9 Å². The Kier molecular flexibility index (Phi) is 60.4. The van der Waals surface area contributed by atoms with Crippen molar-refractivity contribution in [1.29, 1.82) is 0 Å². The first-order valence-electron chi connectivity index (χ1n) is 33.7. The highest BCUT2D eigenvalue weighted by atomic mass is 16.7. The SMILES string of the molecule is CC/C=C\C/C=C\C/C=C\C/C=C\C/C=C\C/C=C\CCCCCCCCCCCCCCCCCCCCCCCCC(=O)OC(COC(=O)CCCCCC/C=C\C/C=C\C/C=C\C/C=C\CC)COC(OCC[N+](C)(C)C)C(=O)[O-]. The summed E-state index contributed by atoms with van der Waals surface area (Å²) in [4.78, 5) is 37.4. The van der Waals surface area contributed by atoms with Crippen LogP contribution in [-0.4, -0.2) is 82.3 Å². The van der Waals surface area contributed by atoms with Crippen molar-refractivity contribution in [2.75, 3.05) is 47.5 Å². The fourth-order valence-electron chi connectivity index (χ4n) is 9.12. The molecule has 0 aliphatic rings. The molecule has 0 rings (SSSR count). The van der Waals surface area contributed by atoms with E-state index >= 15 is 0 Å². The van der Waals surface area contributed by atoms with Gasteiger partial charge in [0.25, 0.3) is 0 Å². The molecule has 2 unspecified atom stereocenters. The van der Waals surface area contributed by atoms with Crippen LogP contribution in [0.15, 0.2) is 122 Å². The van der Waals surface area contributed by atoms with Crippen LogP contribution >= 0.6 is 0 Å². The van der Waals surface area contributed by atoms with E-state index in [4.69, 9.17) is 18.9 Å². The summed E-state index contributed by atoms with van der Waals surface area (Å²) in [5.41, 5.74) is 0. The molecule has 0 amide bonds. The number of carbonyl (C=O) groups excluding carboxylic acids is 3. The second-order valence-corrected chi connectivity index (χ2v) is 23.3. The number of hydrogen-bond acceptors (Lipinski definition) is 8. The first kappa shape index (κ1) is 78.7. The van der Waals surface area contributed by atoms with Crippen LogP contribution in [0, 0.1) is 0 Å². The number of nitrogens with zero attached hydrogens (tertiary/aromatic N) is 1. The van der Waals surface area contributed by atoms with Gasteiger partial charge in [0.15, 0.2) is 12.4 Å². The Hall–Kier alpha value is -4.31. The summed E-state index contributed by atoms with van der Waals surface area (Å²) in [6.07, 6.45) is 87.2. The summed E-state index contributed by atoms with van der Waals surface area (Å²) in [5, 5.41) is 11.8. The Morgan fingerprint density at radius 1 is 0.361 bits per heavy atom. The van der Waals surface area contributed by atoms with Crippen molar-refractivity contribution in [2.24, 2.45) is 0 Å². The number of likely N-dealkylation sites (N-methyl/N-ethyl adjacent to an activating group) is 1. The zero-order valence-electron chi connectivity index (χ0n) is 54.0. The molecule has 0 aliphatic heterocycles. The van der Waals surface area contributed by atoms with Crippen molar-refractivity contribution in [1.82, 2.24) is 0 Å². The monoisotopic (exact) mass is 1160 g/mol. The quantitative estimate of drug-likeness (QED) is 0.0195. The Morgan fingerprint density at radius 2 is 0.651 bits per heavy atom.